The highest BCUT2D eigenvalue weighted by Crippen LogP contribution is 2.18. The Morgan fingerprint density at radius 2 is 2.27 bits per heavy atom. The number of carboxylic acid groups (broad SMARTS) is 1. The van der Waals surface area contributed by atoms with Crippen LogP contribution in [0, 0.1) is 11.3 Å². The SMILES string of the molecule is N#Cc1ccc(C(F)F)nc1CC(=O)O. The Bertz CT molecular complexity index is 427. The third-order valence-corrected chi connectivity index (χ3v) is 1.66. The summed E-state index contributed by atoms with van der Waals surface area (Å²) in [5, 5.41) is 17.1. The van der Waals surface area contributed by atoms with Crippen molar-refractivity contribution < 1.29 is 18.7 Å². The summed E-state index contributed by atoms with van der Waals surface area (Å²) in [5.74, 6) is -1.22. The maximum absolute atomic E-state index is 12.2. The topological polar surface area (TPSA) is 74.0 Å². The predicted molar refractivity (Wildman–Crippen MR) is 45.2 cm³/mol. The maximum Gasteiger partial charge on any atom is 0.309 e. The molecule has 0 saturated heterocycles. The molecular weight excluding hydrogens is 206 g/mol. The average Bonchev–Trinajstić information content (AvgIpc) is 2.16. The molecule has 0 saturated carbocycles. The zero-order chi connectivity index (χ0) is 11.4. The highest BCUT2D eigenvalue weighted by Gasteiger charge is 2.14. The molecule has 1 aromatic heterocycles. The molecule has 0 radical (unpaired) electrons. The molecular formula is C9H6F2N2O2. The predicted octanol–water partition coefficient (Wildman–Crippen LogP) is 1.52. The standard InChI is InChI=1S/C9H6F2N2O2/c10-9(11)6-2-1-5(4-12)7(13-6)3-8(14)15/h1-2,9H,3H2,(H,14,15). The van der Waals surface area contributed by atoms with E-state index < -0.39 is 24.5 Å². The third-order valence-electron chi connectivity index (χ3n) is 1.66. The molecule has 0 amide bonds. The lowest BCUT2D eigenvalue weighted by Gasteiger charge is -2.03. The van der Waals surface area contributed by atoms with Crippen molar-refractivity contribution >= 4 is 5.97 Å². The molecule has 0 spiro atoms. The van der Waals surface area contributed by atoms with E-state index in [-0.39, 0.29) is 11.3 Å². The fraction of sp³-hybridized carbons (Fsp3) is 0.222. The van der Waals surface area contributed by atoms with Gasteiger partial charge >= 0.3 is 5.97 Å². The molecule has 78 valence electrons. The van der Waals surface area contributed by atoms with E-state index in [2.05, 4.69) is 4.98 Å². The molecule has 6 heteroatoms. The van der Waals surface area contributed by atoms with Gasteiger partial charge in [-0.05, 0) is 12.1 Å². The van der Waals surface area contributed by atoms with Crippen LogP contribution in [0.15, 0.2) is 12.1 Å². The Labute approximate surface area is 83.8 Å². The lowest BCUT2D eigenvalue weighted by molar-refractivity contribution is -0.136. The van der Waals surface area contributed by atoms with Crippen molar-refractivity contribution in [1.29, 1.82) is 5.26 Å². The van der Waals surface area contributed by atoms with Gasteiger partial charge in [0, 0.05) is 0 Å². The lowest BCUT2D eigenvalue weighted by atomic mass is 10.1. The number of nitrogens with zero attached hydrogens (tertiary/aromatic N) is 2. The second-order valence-electron chi connectivity index (χ2n) is 2.71. The van der Waals surface area contributed by atoms with Crippen LogP contribution in [0.2, 0.25) is 0 Å². The molecule has 15 heavy (non-hydrogen) atoms. The number of rotatable bonds is 3. The first-order valence-electron chi connectivity index (χ1n) is 3.94. The van der Waals surface area contributed by atoms with E-state index >= 15 is 0 Å². The second kappa shape index (κ2) is 4.46. The van der Waals surface area contributed by atoms with Crippen LogP contribution in [-0.2, 0) is 11.2 Å². The number of hydrogen-bond acceptors (Lipinski definition) is 3. The second-order valence-corrected chi connectivity index (χ2v) is 2.71. The molecule has 1 N–H and O–H groups in total. The fourth-order valence-corrected chi connectivity index (χ4v) is 1.02. The van der Waals surface area contributed by atoms with Gasteiger partial charge in [0.25, 0.3) is 6.43 Å². The lowest BCUT2D eigenvalue weighted by Crippen LogP contribution is -2.06. The Hall–Kier alpha value is -2.03. The Morgan fingerprint density at radius 3 is 2.73 bits per heavy atom. The molecule has 0 fully saturated rings. The number of hydrogen-bond donors (Lipinski definition) is 1. The van der Waals surface area contributed by atoms with Crippen LogP contribution in [0.25, 0.3) is 0 Å². The van der Waals surface area contributed by atoms with Crippen molar-refractivity contribution in [1.82, 2.24) is 4.98 Å². The van der Waals surface area contributed by atoms with E-state index in [1.165, 1.54) is 0 Å². The summed E-state index contributed by atoms with van der Waals surface area (Å²) >= 11 is 0. The smallest absolute Gasteiger partial charge is 0.309 e. The number of aliphatic carboxylic acids is 1. The Balaban J connectivity index is 3.14. The average molecular weight is 212 g/mol. The molecule has 0 aromatic carbocycles. The van der Waals surface area contributed by atoms with Gasteiger partial charge in [0.2, 0.25) is 0 Å². The van der Waals surface area contributed by atoms with Crippen molar-refractivity contribution in [3.8, 4) is 6.07 Å². The molecule has 1 aromatic rings. The largest absolute Gasteiger partial charge is 0.481 e. The monoisotopic (exact) mass is 212 g/mol. The summed E-state index contributed by atoms with van der Waals surface area (Å²) in [6.07, 6.45) is -3.31. The van der Waals surface area contributed by atoms with Gasteiger partial charge in [-0.25, -0.2) is 13.8 Å². The summed E-state index contributed by atoms with van der Waals surface area (Å²) in [7, 11) is 0. The number of alkyl halides is 2. The molecule has 1 rings (SSSR count). The first kappa shape index (κ1) is 11.0. The summed E-state index contributed by atoms with van der Waals surface area (Å²) < 4.78 is 24.5. The van der Waals surface area contributed by atoms with Gasteiger partial charge in [-0.15, -0.1) is 0 Å². The van der Waals surface area contributed by atoms with Gasteiger partial charge in [-0.2, -0.15) is 5.26 Å². The maximum atomic E-state index is 12.2. The minimum atomic E-state index is -2.77. The number of carboxylic acids is 1. The van der Waals surface area contributed by atoms with Gasteiger partial charge in [0.1, 0.15) is 11.8 Å². The molecule has 0 bridgehead atoms. The van der Waals surface area contributed by atoms with E-state index in [9.17, 15) is 13.6 Å². The van der Waals surface area contributed by atoms with Crippen LogP contribution in [0.1, 0.15) is 23.4 Å². The Kier molecular flexibility index (Phi) is 3.29. The number of nitriles is 1. The van der Waals surface area contributed by atoms with Crippen molar-refractivity contribution in [2.75, 3.05) is 0 Å². The first-order chi connectivity index (χ1) is 7.04. The fourth-order valence-electron chi connectivity index (χ4n) is 1.02. The number of halogens is 2. The quantitative estimate of drug-likeness (QED) is 0.824. The van der Waals surface area contributed by atoms with E-state index in [1.54, 1.807) is 6.07 Å². The van der Waals surface area contributed by atoms with E-state index in [0.717, 1.165) is 12.1 Å². The van der Waals surface area contributed by atoms with E-state index in [0.29, 0.717) is 0 Å². The third kappa shape index (κ3) is 2.71. The van der Waals surface area contributed by atoms with Gasteiger partial charge in [-0.3, -0.25) is 4.79 Å². The summed E-state index contributed by atoms with van der Waals surface area (Å²) in [6, 6.07) is 3.85. The molecule has 0 aliphatic carbocycles. The summed E-state index contributed by atoms with van der Waals surface area (Å²) in [5.41, 5.74) is -0.658. The van der Waals surface area contributed by atoms with Gasteiger partial charge < -0.3 is 5.11 Å². The van der Waals surface area contributed by atoms with E-state index in [4.69, 9.17) is 10.4 Å². The van der Waals surface area contributed by atoms with Crippen LogP contribution in [-0.4, -0.2) is 16.1 Å². The van der Waals surface area contributed by atoms with Gasteiger partial charge in [-0.1, -0.05) is 0 Å². The van der Waals surface area contributed by atoms with Crippen LogP contribution in [0.3, 0.4) is 0 Å². The molecule has 0 aliphatic rings. The summed E-state index contributed by atoms with van der Waals surface area (Å²) in [4.78, 5) is 13.8. The van der Waals surface area contributed by atoms with Crippen LogP contribution in [0.4, 0.5) is 8.78 Å². The minimum Gasteiger partial charge on any atom is -0.481 e. The Morgan fingerprint density at radius 1 is 1.60 bits per heavy atom. The van der Waals surface area contributed by atoms with Crippen LogP contribution >= 0.6 is 0 Å². The number of carbonyl (C=O) groups is 1. The molecule has 0 unspecified atom stereocenters. The highest BCUT2D eigenvalue weighted by atomic mass is 19.3. The van der Waals surface area contributed by atoms with Crippen LogP contribution < -0.4 is 0 Å². The summed E-state index contributed by atoms with van der Waals surface area (Å²) in [6.45, 7) is 0. The number of aromatic nitrogens is 1. The normalized spacial score (nSPS) is 10.0. The van der Waals surface area contributed by atoms with Gasteiger partial charge in [0.05, 0.1) is 17.7 Å². The van der Waals surface area contributed by atoms with Crippen molar-refractivity contribution in [3.05, 3.63) is 29.1 Å². The molecule has 0 atom stereocenters. The van der Waals surface area contributed by atoms with Gasteiger partial charge in [0.15, 0.2) is 0 Å². The van der Waals surface area contributed by atoms with Crippen LogP contribution in [0.5, 0.6) is 0 Å². The zero-order valence-electron chi connectivity index (χ0n) is 7.44. The first-order valence-corrected chi connectivity index (χ1v) is 3.94. The highest BCUT2D eigenvalue weighted by molar-refractivity contribution is 5.70. The minimum absolute atomic E-state index is 0.00167. The number of pyridine rings is 1. The van der Waals surface area contributed by atoms with Crippen molar-refractivity contribution in [2.45, 2.75) is 12.8 Å². The van der Waals surface area contributed by atoms with Crippen molar-refractivity contribution in [2.24, 2.45) is 0 Å². The molecule has 4 nitrogen and oxygen atoms in total. The molecule has 1 heterocycles. The van der Waals surface area contributed by atoms with Crippen molar-refractivity contribution in [3.63, 3.8) is 0 Å². The zero-order valence-corrected chi connectivity index (χ0v) is 7.44. The van der Waals surface area contributed by atoms with E-state index in [1.807, 2.05) is 0 Å². The molecule has 0 aliphatic heterocycles.